The second-order valence-electron chi connectivity index (χ2n) is 2.72. The van der Waals surface area contributed by atoms with E-state index in [0.717, 1.165) is 0 Å². The highest BCUT2D eigenvalue weighted by Crippen LogP contribution is 2.27. The summed E-state index contributed by atoms with van der Waals surface area (Å²) < 4.78 is 25.9. The zero-order chi connectivity index (χ0) is 11.4. The first-order chi connectivity index (χ1) is 7.11. The molecule has 1 rings (SSSR count). The van der Waals surface area contributed by atoms with Crippen molar-refractivity contribution < 1.29 is 8.78 Å². The first-order valence-electron chi connectivity index (χ1n) is 3.99. The van der Waals surface area contributed by atoms with Crippen LogP contribution in [0.1, 0.15) is 23.2 Å². The number of hydrogen-bond acceptors (Lipinski definition) is 2. The number of nitriles is 1. The van der Waals surface area contributed by atoms with Crippen LogP contribution in [0.5, 0.6) is 0 Å². The van der Waals surface area contributed by atoms with Crippen LogP contribution in [0.25, 0.3) is 0 Å². The molecule has 0 aliphatic heterocycles. The molecule has 0 unspecified atom stereocenters. The minimum atomic E-state index is -2.67. The summed E-state index contributed by atoms with van der Waals surface area (Å²) in [5.41, 5.74) is 0.492. The van der Waals surface area contributed by atoms with E-state index in [2.05, 4.69) is 4.98 Å². The lowest BCUT2D eigenvalue weighted by atomic mass is 10.1. The fourth-order valence-corrected chi connectivity index (χ4v) is 2.38. The number of rotatable bonds is 3. The maximum atomic E-state index is 12.6. The number of aromatic nitrogens is 1. The highest BCUT2D eigenvalue weighted by atomic mass is 127. The van der Waals surface area contributed by atoms with Crippen molar-refractivity contribution in [1.29, 1.82) is 5.26 Å². The van der Waals surface area contributed by atoms with Gasteiger partial charge in [0.2, 0.25) is 0 Å². The van der Waals surface area contributed by atoms with Gasteiger partial charge in [0.1, 0.15) is 5.69 Å². The molecule has 1 aromatic rings. The Kier molecular flexibility index (Phi) is 4.67. The van der Waals surface area contributed by atoms with Gasteiger partial charge < -0.3 is 0 Å². The van der Waals surface area contributed by atoms with Crippen LogP contribution in [-0.4, -0.2) is 4.98 Å². The van der Waals surface area contributed by atoms with Crippen LogP contribution >= 0.6 is 34.2 Å². The summed E-state index contributed by atoms with van der Waals surface area (Å²) in [6, 6.07) is 1.85. The fourth-order valence-electron chi connectivity index (χ4n) is 1.19. The van der Waals surface area contributed by atoms with Crippen LogP contribution in [0.15, 0.2) is 6.20 Å². The molecule has 0 saturated heterocycles. The standard InChI is InChI=1S/C9H6ClF2IN2/c10-3-6-5(1-2-14)8(9(11)12)15-4-7(6)13/h4,9H,1,3H2. The van der Waals surface area contributed by atoms with Gasteiger partial charge in [0.05, 0.1) is 12.5 Å². The minimum Gasteiger partial charge on any atom is -0.254 e. The van der Waals surface area contributed by atoms with E-state index in [1.807, 2.05) is 28.7 Å². The lowest BCUT2D eigenvalue weighted by molar-refractivity contribution is 0.145. The largest absolute Gasteiger partial charge is 0.280 e. The summed E-state index contributed by atoms with van der Waals surface area (Å²) in [7, 11) is 0. The van der Waals surface area contributed by atoms with Gasteiger partial charge in [0.15, 0.2) is 0 Å². The third-order valence-electron chi connectivity index (χ3n) is 1.87. The van der Waals surface area contributed by atoms with Crippen LogP contribution < -0.4 is 0 Å². The van der Waals surface area contributed by atoms with Gasteiger partial charge in [-0.15, -0.1) is 11.6 Å². The molecule has 0 aromatic carbocycles. The molecule has 0 spiro atoms. The number of hydrogen-bond donors (Lipinski definition) is 0. The topological polar surface area (TPSA) is 36.7 Å². The van der Waals surface area contributed by atoms with Crippen molar-refractivity contribution in [2.75, 3.05) is 0 Å². The molecule has 0 amide bonds. The Morgan fingerprint density at radius 1 is 1.53 bits per heavy atom. The molecular formula is C9H6ClF2IN2. The lowest BCUT2D eigenvalue weighted by Crippen LogP contribution is -2.04. The third-order valence-corrected chi connectivity index (χ3v) is 3.07. The van der Waals surface area contributed by atoms with Gasteiger partial charge in [0.25, 0.3) is 6.43 Å². The lowest BCUT2D eigenvalue weighted by Gasteiger charge is -2.10. The predicted molar refractivity (Wildman–Crippen MR) is 60.8 cm³/mol. The Hall–Kier alpha value is -0.480. The van der Waals surface area contributed by atoms with Crippen LogP contribution in [-0.2, 0) is 12.3 Å². The van der Waals surface area contributed by atoms with E-state index in [0.29, 0.717) is 9.13 Å². The van der Waals surface area contributed by atoms with Crippen LogP contribution in [0.3, 0.4) is 0 Å². The van der Waals surface area contributed by atoms with Gasteiger partial charge in [-0.3, -0.25) is 4.98 Å². The first-order valence-corrected chi connectivity index (χ1v) is 5.60. The van der Waals surface area contributed by atoms with E-state index in [-0.39, 0.29) is 23.6 Å². The van der Waals surface area contributed by atoms with Gasteiger partial charge in [-0.2, -0.15) is 5.26 Å². The Labute approximate surface area is 104 Å². The Balaban J connectivity index is 3.36. The summed E-state index contributed by atoms with van der Waals surface area (Å²) in [5, 5.41) is 8.57. The zero-order valence-electron chi connectivity index (χ0n) is 7.48. The van der Waals surface area contributed by atoms with Crippen LogP contribution in [0, 0.1) is 14.9 Å². The van der Waals surface area contributed by atoms with Crippen molar-refractivity contribution in [2.24, 2.45) is 0 Å². The maximum Gasteiger partial charge on any atom is 0.280 e. The van der Waals surface area contributed by atoms with Gasteiger partial charge in [-0.05, 0) is 33.7 Å². The van der Waals surface area contributed by atoms with E-state index in [1.54, 1.807) is 0 Å². The molecule has 0 saturated carbocycles. The minimum absolute atomic E-state index is 0.0917. The van der Waals surface area contributed by atoms with Crippen LogP contribution in [0.4, 0.5) is 8.78 Å². The average Bonchev–Trinajstić information content (AvgIpc) is 2.18. The van der Waals surface area contributed by atoms with E-state index in [4.69, 9.17) is 16.9 Å². The quantitative estimate of drug-likeness (QED) is 0.623. The molecule has 0 atom stereocenters. The number of pyridine rings is 1. The summed E-state index contributed by atoms with van der Waals surface area (Å²) >= 11 is 7.63. The predicted octanol–water partition coefficient (Wildman–Crippen LogP) is 3.43. The number of nitrogens with zero attached hydrogens (tertiary/aromatic N) is 2. The smallest absolute Gasteiger partial charge is 0.254 e. The first kappa shape index (κ1) is 12.6. The molecule has 80 valence electrons. The third kappa shape index (κ3) is 2.75. The molecule has 0 aliphatic rings. The Bertz CT molecular complexity index is 404. The molecule has 0 aliphatic carbocycles. The summed E-state index contributed by atoms with van der Waals surface area (Å²) in [4.78, 5) is 3.64. The van der Waals surface area contributed by atoms with Gasteiger partial charge in [-0.1, -0.05) is 0 Å². The van der Waals surface area contributed by atoms with E-state index < -0.39 is 6.43 Å². The zero-order valence-corrected chi connectivity index (χ0v) is 10.4. The molecule has 6 heteroatoms. The Morgan fingerprint density at radius 2 is 2.20 bits per heavy atom. The summed E-state index contributed by atoms with van der Waals surface area (Å²) in [5.74, 6) is 0.109. The molecule has 2 nitrogen and oxygen atoms in total. The van der Waals surface area contributed by atoms with E-state index in [9.17, 15) is 8.78 Å². The summed E-state index contributed by atoms with van der Waals surface area (Å²) in [6.45, 7) is 0. The van der Waals surface area contributed by atoms with Gasteiger partial charge in [-0.25, -0.2) is 8.78 Å². The normalized spacial score (nSPS) is 10.4. The number of alkyl halides is 3. The highest BCUT2D eigenvalue weighted by Gasteiger charge is 2.19. The van der Waals surface area contributed by atoms with Gasteiger partial charge >= 0.3 is 0 Å². The van der Waals surface area contributed by atoms with Crippen molar-refractivity contribution in [2.45, 2.75) is 18.7 Å². The Morgan fingerprint density at radius 3 is 2.67 bits per heavy atom. The molecule has 0 radical (unpaired) electrons. The summed E-state index contributed by atoms with van der Waals surface area (Å²) in [6.07, 6.45) is -1.42. The molecular weight excluding hydrogens is 336 g/mol. The SMILES string of the molecule is N#CCc1c(C(F)F)ncc(I)c1CCl. The second kappa shape index (κ2) is 5.56. The molecule has 0 bridgehead atoms. The molecule has 0 N–H and O–H groups in total. The van der Waals surface area contributed by atoms with E-state index in [1.165, 1.54) is 6.20 Å². The van der Waals surface area contributed by atoms with E-state index >= 15 is 0 Å². The molecule has 15 heavy (non-hydrogen) atoms. The van der Waals surface area contributed by atoms with Crippen LogP contribution in [0.2, 0.25) is 0 Å². The van der Waals surface area contributed by atoms with Crippen molar-refractivity contribution in [3.05, 3.63) is 26.6 Å². The maximum absolute atomic E-state index is 12.6. The second-order valence-corrected chi connectivity index (χ2v) is 4.15. The van der Waals surface area contributed by atoms with Gasteiger partial charge in [0, 0.05) is 15.6 Å². The van der Waals surface area contributed by atoms with Crippen molar-refractivity contribution in [3.63, 3.8) is 0 Å². The highest BCUT2D eigenvalue weighted by molar-refractivity contribution is 14.1. The molecule has 1 aromatic heterocycles. The number of halogens is 4. The molecule has 1 heterocycles. The van der Waals surface area contributed by atoms with Crippen molar-refractivity contribution in [3.8, 4) is 6.07 Å². The molecule has 0 fully saturated rings. The fraction of sp³-hybridized carbons (Fsp3) is 0.333. The van der Waals surface area contributed by atoms with Crippen molar-refractivity contribution >= 4 is 34.2 Å². The average molecular weight is 343 g/mol. The monoisotopic (exact) mass is 342 g/mol. The van der Waals surface area contributed by atoms with Crippen molar-refractivity contribution in [1.82, 2.24) is 4.98 Å².